The van der Waals surface area contributed by atoms with E-state index in [9.17, 15) is 9.59 Å². The van der Waals surface area contributed by atoms with Crippen LogP contribution in [0.1, 0.15) is 22.5 Å². The summed E-state index contributed by atoms with van der Waals surface area (Å²) >= 11 is 0. The third kappa shape index (κ3) is 4.21. The molecule has 1 aromatic carbocycles. The zero-order valence-electron chi connectivity index (χ0n) is 11.8. The molecule has 0 N–H and O–H groups in total. The molecular formula is C16H17NO4. The Balaban J connectivity index is 2.10. The van der Waals surface area contributed by atoms with Crippen LogP contribution in [0.4, 0.5) is 0 Å². The number of esters is 1. The van der Waals surface area contributed by atoms with Crippen molar-refractivity contribution in [2.75, 3.05) is 13.7 Å². The molecule has 1 amide bonds. The van der Waals surface area contributed by atoms with E-state index in [1.54, 1.807) is 47.6 Å². The first-order valence-corrected chi connectivity index (χ1v) is 6.64. The van der Waals surface area contributed by atoms with E-state index in [-0.39, 0.29) is 24.8 Å². The van der Waals surface area contributed by atoms with Crippen molar-refractivity contribution < 1.29 is 18.7 Å². The van der Waals surface area contributed by atoms with Crippen LogP contribution in [0.25, 0.3) is 0 Å². The molecule has 0 aliphatic carbocycles. The smallest absolute Gasteiger partial charge is 0.307 e. The molecule has 0 saturated heterocycles. The van der Waals surface area contributed by atoms with Crippen LogP contribution < -0.4 is 0 Å². The summed E-state index contributed by atoms with van der Waals surface area (Å²) < 4.78 is 9.89. The fraction of sp³-hybridized carbons (Fsp3) is 0.250. The van der Waals surface area contributed by atoms with Crippen molar-refractivity contribution in [1.29, 1.82) is 0 Å². The number of amides is 1. The summed E-state index contributed by atoms with van der Waals surface area (Å²) in [7, 11) is 1.33. The van der Waals surface area contributed by atoms with Crippen LogP contribution in [-0.4, -0.2) is 30.4 Å². The van der Waals surface area contributed by atoms with E-state index in [0.29, 0.717) is 17.9 Å². The Bertz CT molecular complexity index is 578. The van der Waals surface area contributed by atoms with Gasteiger partial charge >= 0.3 is 5.97 Å². The molecule has 5 heteroatoms. The molecule has 1 heterocycles. The molecule has 21 heavy (non-hydrogen) atoms. The Hall–Kier alpha value is -2.56. The highest BCUT2D eigenvalue weighted by atomic mass is 16.5. The first kappa shape index (κ1) is 14.8. The third-order valence-corrected chi connectivity index (χ3v) is 3.05. The van der Waals surface area contributed by atoms with Gasteiger partial charge in [-0.1, -0.05) is 18.2 Å². The Labute approximate surface area is 123 Å². The maximum absolute atomic E-state index is 12.5. The Kier molecular flexibility index (Phi) is 5.15. The summed E-state index contributed by atoms with van der Waals surface area (Å²) in [5.41, 5.74) is 0.578. The molecule has 0 unspecified atom stereocenters. The van der Waals surface area contributed by atoms with Gasteiger partial charge in [0.05, 0.1) is 26.3 Å². The van der Waals surface area contributed by atoms with Crippen LogP contribution in [0.5, 0.6) is 0 Å². The normalized spacial score (nSPS) is 10.1. The van der Waals surface area contributed by atoms with Gasteiger partial charge in [0.15, 0.2) is 0 Å². The van der Waals surface area contributed by atoms with E-state index in [0.717, 1.165) is 0 Å². The lowest BCUT2D eigenvalue weighted by Crippen LogP contribution is -2.32. The van der Waals surface area contributed by atoms with Gasteiger partial charge in [-0.3, -0.25) is 9.59 Å². The number of rotatable bonds is 6. The van der Waals surface area contributed by atoms with Crippen molar-refractivity contribution in [3.63, 3.8) is 0 Å². The van der Waals surface area contributed by atoms with Gasteiger partial charge < -0.3 is 14.1 Å². The van der Waals surface area contributed by atoms with E-state index in [4.69, 9.17) is 4.42 Å². The molecule has 0 aliphatic heterocycles. The number of hydrogen-bond donors (Lipinski definition) is 0. The second-order valence-electron chi connectivity index (χ2n) is 4.50. The second-order valence-corrected chi connectivity index (χ2v) is 4.50. The largest absolute Gasteiger partial charge is 0.469 e. The van der Waals surface area contributed by atoms with E-state index < -0.39 is 0 Å². The number of carbonyl (C=O) groups excluding carboxylic acids is 2. The Morgan fingerprint density at radius 1 is 1.14 bits per heavy atom. The molecule has 0 spiro atoms. The summed E-state index contributed by atoms with van der Waals surface area (Å²) in [6, 6.07) is 12.5. The van der Waals surface area contributed by atoms with Crippen LogP contribution in [0, 0.1) is 0 Å². The van der Waals surface area contributed by atoms with Crippen molar-refractivity contribution in [2.45, 2.75) is 13.0 Å². The number of carbonyl (C=O) groups is 2. The Morgan fingerprint density at radius 3 is 2.52 bits per heavy atom. The summed E-state index contributed by atoms with van der Waals surface area (Å²) in [6.45, 7) is 0.596. The van der Waals surface area contributed by atoms with Gasteiger partial charge in [0.2, 0.25) is 0 Å². The highest BCUT2D eigenvalue weighted by Gasteiger charge is 2.18. The summed E-state index contributed by atoms with van der Waals surface area (Å²) in [6.07, 6.45) is 1.70. The van der Waals surface area contributed by atoms with Gasteiger partial charge in [-0.25, -0.2) is 0 Å². The van der Waals surface area contributed by atoms with Crippen LogP contribution in [-0.2, 0) is 16.1 Å². The lowest BCUT2D eigenvalue weighted by molar-refractivity contribution is -0.140. The van der Waals surface area contributed by atoms with Crippen molar-refractivity contribution in [1.82, 2.24) is 4.90 Å². The molecule has 0 saturated carbocycles. The molecule has 5 nitrogen and oxygen atoms in total. The predicted octanol–water partition coefficient (Wildman–Crippen LogP) is 2.49. The molecule has 2 aromatic rings. The monoisotopic (exact) mass is 287 g/mol. The van der Waals surface area contributed by atoms with Crippen LogP contribution >= 0.6 is 0 Å². The summed E-state index contributed by atoms with van der Waals surface area (Å²) in [5.74, 6) is 0.181. The fourth-order valence-electron chi connectivity index (χ4n) is 1.93. The van der Waals surface area contributed by atoms with Gasteiger partial charge in [0, 0.05) is 12.1 Å². The lowest BCUT2D eigenvalue weighted by atomic mass is 10.2. The maximum Gasteiger partial charge on any atom is 0.307 e. The standard InChI is InChI=1S/C16H17NO4/c1-20-15(18)9-10-17(12-14-8-5-11-21-14)16(19)13-6-3-2-4-7-13/h2-8,11H,9-10,12H2,1H3. The van der Waals surface area contributed by atoms with Crippen molar-refractivity contribution in [3.05, 3.63) is 60.1 Å². The highest BCUT2D eigenvalue weighted by molar-refractivity contribution is 5.94. The minimum Gasteiger partial charge on any atom is -0.469 e. The molecular weight excluding hydrogens is 270 g/mol. The average molecular weight is 287 g/mol. The molecule has 2 rings (SSSR count). The van der Waals surface area contributed by atoms with E-state index in [2.05, 4.69) is 4.74 Å². The van der Waals surface area contributed by atoms with Crippen LogP contribution in [0.2, 0.25) is 0 Å². The van der Waals surface area contributed by atoms with Gasteiger partial charge in [0.25, 0.3) is 5.91 Å². The van der Waals surface area contributed by atoms with Gasteiger partial charge in [-0.2, -0.15) is 0 Å². The third-order valence-electron chi connectivity index (χ3n) is 3.05. The first-order chi connectivity index (χ1) is 10.2. The zero-order chi connectivity index (χ0) is 15.1. The molecule has 0 fully saturated rings. The summed E-state index contributed by atoms with van der Waals surface area (Å²) in [4.78, 5) is 25.4. The molecule has 1 aromatic heterocycles. The molecule has 0 radical (unpaired) electrons. The summed E-state index contributed by atoms with van der Waals surface area (Å²) in [5, 5.41) is 0. The van der Waals surface area contributed by atoms with Crippen LogP contribution in [0.15, 0.2) is 53.1 Å². The molecule has 0 atom stereocenters. The lowest BCUT2D eigenvalue weighted by Gasteiger charge is -2.21. The fourth-order valence-corrected chi connectivity index (χ4v) is 1.93. The molecule has 110 valence electrons. The van der Waals surface area contributed by atoms with Crippen molar-refractivity contribution >= 4 is 11.9 Å². The van der Waals surface area contributed by atoms with Crippen LogP contribution in [0.3, 0.4) is 0 Å². The number of ether oxygens (including phenoxy) is 1. The highest BCUT2D eigenvalue weighted by Crippen LogP contribution is 2.11. The number of methoxy groups -OCH3 is 1. The van der Waals surface area contributed by atoms with E-state index >= 15 is 0 Å². The van der Waals surface area contributed by atoms with E-state index in [1.807, 2.05) is 6.07 Å². The van der Waals surface area contributed by atoms with E-state index in [1.165, 1.54) is 7.11 Å². The Morgan fingerprint density at radius 2 is 1.90 bits per heavy atom. The minimum absolute atomic E-state index is 0.143. The van der Waals surface area contributed by atoms with Gasteiger partial charge in [-0.15, -0.1) is 0 Å². The second kappa shape index (κ2) is 7.28. The number of nitrogens with zero attached hydrogens (tertiary/aromatic N) is 1. The molecule has 0 aliphatic rings. The van der Waals surface area contributed by atoms with Gasteiger partial charge in [0.1, 0.15) is 5.76 Å². The van der Waals surface area contributed by atoms with Crippen molar-refractivity contribution in [2.24, 2.45) is 0 Å². The SMILES string of the molecule is COC(=O)CCN(Cc1ccco1)C(=O)c1ccccc1. The topological polar surface area (TPSA) is 59.8 Å². The van der Waals surface area contributed by atoms with Crippen molar-refractivity contribution in [3.8, 4) is 0 Å². The van der Waals surface area contributed by atoms with Gasteiger partial charge in [-0.05, 0) is 24.3 Å². The molecule has 0 bridgehead atoms. The minimum atomic E-state index is -0.347. The average Bonchev–Trinajstić information content (AvgIpc) is 3.04. The quantitative estimate of drug-likeness (QED) is 0.766. The number of hydrogen-bond acceptors (Lipinski definition) is 4. The first-order valence-electron chi connectivity index (χ1n) is 6.64. The zero-order valence-corrected chi connectivity index (χ0v) is 11.8. The number of furan rings is 1. The number of benzene rings is 1. The predicted molar refractivity (Wildman–Crippen MR) is 76.5 cm³/mol. The maximum atomic E-state index is 12.5.